The number of carbonyl (C=O) groups is 1. The zero-order valence-electron chi connectivity index (χ0n) is 12.2. The Morgan fingerprint density at radius 3 is 2.58 bits per heavy atom. The van der Waals surface area contributed by atoms with E-state index in [1.165, 1.54) is 17.5 Å². The molecule has 104 valence electrons. The van der Waals surface area contributed by atoms with E-state index in [9.17, 15) is 4.79 Å². The first-order valence-electron chi connectivity index (χ1n) is 7.54. The quantitative estimate of drug-likeness (QED) is 0.811. The minimum atomic E-state index is 0.325. The summed E-state index contributed by atoms with van der Waals surface area (Å²) in [4.78, 5) is 14.2. The molecule has 0 N–H and O–H groups in total. The molecular weight excluding hydrogens is 234 g/mol. The van der Waals surface area contributed by atoms with Crippen LogP contribution in [0.15, 0.2) is 24.3 Å². The van der Waals surface area contributed by atoms with E-state index < -0.39 is 0 Å². The normalized spacial score (nSPS) is 19.5. The highest BCUT2D eigenvalue weighted by Crippen LogP contribution is 2.17. The number of nitrogens with zero attached hydrogens (tertiary/aromatic N) is 1. The van der Waals surface area contributed by atoms with Crippen molar-refractivity contribution in [3.8, 4) is 0 Å². The highest BCUT2D eigenvalue weighted by Gasteiger charge is 2.20. The number of hydrogen-bond donors (Lipinski definition) is 0. The Hall–Kier alpha value is -1.31. The Balaban J connectivity index is 1.82. The van der Waals surface area contributed by atoms with Crippen LogP contribution in [0.5, 0.6) is 0 Å². The maximum absolute atomic E-state index is 12.2. The van der Waals surface area contributed by atoms with Crippen LogP contribution in [0, 0.1) is 5.92 Å². The van der Waals surface area contributed by atoms with Crippen LogP contribution in [0.2, 0.25) is 0 Å². The van der Waals surface area contributed by atoms with E-state index in [1.807, 2.05) is 0 Å². The van der Waals surface area contributed by atoms with Crippen LogP contribution in [0.25, 0.3) is 0 Å². The number of piperidine rings is 1. The third-order valence-corrected chi connectivity index (χ3v) is 4.07. The largest absolute Gasteiger partial charge is 0.342 e. The molecule has 1 aliphatic rings. The molecule has 1 heterocycles. The number of likely N-dealkylation sites (tertiary alicyclic amines) is 1. The van der Waals surface area contributed by atoms with Gasteiger partial charge in [0, 0.05) is 19.5 Å². The van der Waals surface area contributed by atoms with Gasteiger partial charge < -0.3 is 4.90 Å². The summed E-state index contributed by atoms with van der Waals surface area (Å²) in [6.07, 6.45) is 5.02. The highest BCUT2D eigenvalue weighted by molar-refractivity contribution is 5.76. The molecule has 0 saturated carbocycles. The lowest BCUT2D eigenvalue weighted by molar-refractivity contribution is -0.132. The molecule has 2 heteroatoms. The third kappa shape index (κ3) is 4.09. The molecule has 19 heavy (non-hydrogen) atoms. The lowest BCUT2D eigenvalue weighted by Crippen LogP contribution is -2.39. The summed E-state index contributed by atoms with van der Waals surface area (Å²) in [7, 11) is 0. The van der Waals surface area contributed by atoms with Crippen molar-refractivity contribution in [1.82, 2.24) is 4.90 Å². The van der Waals surface area contributed by atoms with E-state index in [0.717, 1.165) is 32.4 Å². The summed E-state index contributed by atoms with van der Waals surface area (Å²) in [5.41, 5.74) is 2.63. The zero-order valence-corrected chi connectivity index (χ0v) is 12.2. The van der Waals surface area contributed by atoms with Crippen LogP contribution in [0.1, 0.15) is 44.2 Å². The smallest absolute Gasteiger partial charge is 0.222 e. The van der Waals surface area contributed by atoms with Crippen LogP contribution in [0.4, 0.5) is 0 Å². The van der Waals surface area contributed by atoms with Crippen molar-refractivity contribution >= 4 is 5.91 Å². The molecule has 0 aromatic heterocycles. The van der Waals surface area contributed by atoms with Crippen molar-refractivity contribution in [2.24, 2.45) is 5.92 Å². The predicted molar refractivity (Wildman–Crippen MR) is 79.1 cm³/mol. The Kier molecular flexibility index (Phi) is 5.00. The molecule has 2 nitrogen and oxygen atoms in total. The van der Waals surface area contributed by atoms with Gasteiger partial charge in [-0.15, -0.1) is 0 Å². The van der Waals surface area contributed by atoms with Crippen LogP contribution >= 0.6 is 0 Å². The molecular formula is C17H25NO. The van der Waals surface area contributed by atoms with Gasteiger partial charge in [-0.2, -0.15) is 0 Å². The van der Waals surface area contributed by atoms with Gasteiger partial charge in [0.05, 0.1) is 0 Å². The van der Waals surface area contributed by atoms with Gasteiger partial charge in [0.25, 0.3) is 0 Å². The molecule has 0 radical (unpaired) electrons. The second-order valence-corrected chi connectivity index (χ2v) is 5.76. The molecule has 0 spiro atoms. The van der Waals surface area contributed by atoms with Gasteiger partial charge in [0.1, 0.15) is 0 Å². The molecule has 1 saturated heterocycles. The average Bonchev–Trinajstić information content (AvgIpc) is 2.45. The first kappa shape index (κ1) is 14.1. The minimum Gasteiger partial charge on any atom is -0.342 e. The second-order valence-electron chi connectivity index (χ2n) is 5.76. The number of amides is 1. The van der Waals surface area contributed by atoms with Crippen LogP contribution in [0.3, 0.4) is 0 Å². The lowest BCUT2D eigenvalue weighted by atomic mass is 9.99. The van der Waals surface area contributed by atoms with Gasteiger partial charge in [-0.25, -0.2) is 0 Å². The van der Waals surface area contributed by atoms with Crippen LogP contribution in [-0.2, 0) is 17.6 Å². The van der Waals surface area contributed by atoms with Gasteiger partial charge in [0.15, 0.2) is 0 Å². The molecule has 1 aromatic rings. The summed E-state index contributed by atoms with van der Waals surface area (Å²) < 4.78 is 0. The minimum absolute atomic E-state index is 0.325. The predicted octanol–water partition coefficient (Wildman–Crippen LogP) is 3.44. The van der Waals surface area contributed by atoms with Crippen molar-refractivity contribution in [2.45, 2.75) is 46.0 Å². The number of carbonyl (C=O) groups excluding carboxylic acids is 1. The van der Waals surface area contributed by atoms with Crippen molar-refractivity contribution in [2.75, 3.05) is 13.1 Å². The topological polar surface area (TPSA) is 20.3 Å². The number of aryl methyl sites for hydroxylation is 2. The summed E-state index contributed by atoms with van der Waals surface area (Å²) in [5, 5.41) is 0. The van der Waals surface area contributed by atoms with Gasteiger partial charge >= 0.3 is 0 Å². The van der Waals surface area contributed by atoms with Crippen molar-refractivity contribution in [3.63, 3.8) is 0 Å². The van der Waals surface area contributed by atoms with Gasteiger partial charge in [-0.05, 0) is 42.7 Å². The van der Waals surface area contributed by atoms with Gasteiger partial charge in [-0.3, -0.25) is 4.79 Å². The molecule has 1 aromatic carbocycles. The molecule has 1 aliphatic heterocycles. The fourth-order valence-corrected chi connectivity index (χ4v) is 2.77. The summed E-state index contributed by atoms with van der Waals surface area (Å²) in [6, 6.07) is 8.65. The number of hydrogen-bond acceptors (Lipinski definition) is 1. The molecule has 0 aliphatic carbocycles. The Bertz CT molecular complexity index is 410. The summed E-state index contributed by atoms with van der Waals surface area (Å²) >= 11 is 0. The summed E-state index contributed by atoms with van der Waals surface area (Å²) in [6.45, 7) is 6.31. The van der Waals surface area contributed by atoms with Crippen molar-refractivity contribution < 1.29 is 4.79 Å². The fraction of sp³-hybridized carbons (Fsp3) is 0.588. The third-order valence-electron chi connectivity index (χ3n) is 4.07. The van der Waals surface area contributed by atoms with Crippen molar-refractivity contribution in [3.05, 3.63) is 35.4 Å². The number of benzene rings is 1. The Morgan fingerprint density at radius 1 is 1.26 bits per heavy atom. The van der Waals surface area contributed by atoms with Gasteiger partial charge in [0.2, 0.25) is 5.91 Å². The van der Waals surface area contributed by atoms with E-state index in [4.69, 9.17) is 0 Å². The first-order chi connectivity index (χ1) is 9.19. The Labute approximate surface area is 116 Å². The monoisotopic (exact) mass is 259 g/mol. The van der Waals surface area contributed by atoms with Crippen molar-refractivity contribution in [1.29, 1.82) is 0 Å². The lowest BCUT2D eigenvalue weighted by Gasteiger charge is -2.31. The molecule has 0 unspecified atom stereocenters. The molecule has 1 fully saturated rings. The highest BCUT2D eigenvalue weighted by atomic mass is 16.2. The van der Waals surface area contributed by atoms with E-state index in [-0.39, 0.29) is 0 Å². The molecule has 1 atom stereocenters. The van der Waals surface area contributed by atoms with Crippen LogP contribution < -0.4 is 0 Å². The average molecular weight is 259 g/mol. The second kappa shape index (κ2) is 6.74. The number of rotatable bonds is 4. The maximum Gasteiger partial charge on any atom is 0.222 e. The molecule has 2 rings (SSSR count). The standard InChI is InChI=1S/C17H25NO/c1-3-15-6-8-16(9-7-15)10-11-17(19)18-12-4-5-14(2)13-18/h6-9,14H,3-5,10-13H2,1-2H3/t14-/m1/s1. The van der Waals surface area contributed by atoms with E-state index in [1.54, 1.807) is 0 Å². The Morgan fingerprint density at radius 2 is 1.95 bits per heavy atom. The maximum atomic E-state index is 12.2. The fourth-order valence-electron chi connectivity index (χ4n) is 2.77. The van der Waals surface area contributed by atoms with Crippen LogP contribution in [-0.4, -0.2) is 23.9 Å². The molecule has 0 bridgehead atoms. The zero-order chi connectivity index (χ0) is 13.7. The molecule has 1 amide bonds. The van der Waals surface area contributed by atoms with E-state index >= 15 is 0 Å². The van der Waals surface area contributed by atoms with E-state index in [2.05, 4.69) is 43.0 Å². The van der Waals surface area contributed by atoms with E-state index in [0.29, 0.717) is 18.2 Å². The SMILES string of the molecule is CCc1ccc(CCC(=O)N2CCC[C@@H](C)C2)cc1. The first-order valence-corrected chi connectivity index (χ1v) is 7.54. The van der Waals surface area contributed by atoms with Gasteiger partial charge in [-0.1, -0.05) is 38.1 Å². The summed E-state index contributed by atoms with van der Waals surface area (Å²) in [5.74, 6) is 0.993.